The average Bonchev–Trinajstić information content (AvgIpc) is 2.52. The van der Waals surface area contributed by atoms with E-state index in [0.717, 1.165) is 18.0 Å². The standard InChI is InChI=1S/C16H16N2OS/c1-20-16-4-2-3-14(11-16)18-12-13-5-7-15(8-6-13)19-10-9-17/h2-8,11,18H,10,12H2,1H3. The van der Waals surface area contributed by atoms with Crippen molar-refractivity contribution < 1.29 is 4.74 Å². The first-order chi connectivity index (χ1) is 9.81. The SMILES string of the molecule is CSc1cccc(NCc2ccc(OCC#N)cc2)c1. The van der Waals surface area contributed by atoms with Crippen LogP contribution in [0, 0.1) is 11.3 Å². The molecule has 2 aromatic carbocycles. The third kappa shape index (κ3) is 4.22. The van der Waals surface area contributed by atoms with Gasteiger partial charge in [-0.25, -0.2) is 0 Å². The largest absolute Gasteiger partial charge is 0.479 e. The molecule has 0 aromatic heterocycles. The molecular formula is C16H16N2OS. The van der Waals surface area contributed by atoms with Crippen molar-refractivity contribution in [3.8, 4) is 11.8 Å². The highest BCUT2D eigenvalue weighted by Gasteiger charge is 1.97. The molecule has 4 heteroatoms. The summed E-state index contributed by atoms with van der Waals surface area (Å²) in [7, 11) is 0. The van der Waals surface area contributed by atoms with Crippen LogP contribution in [0.2, 0.25) is 0 Å². The molecule has 20 heavy (non-hydrogen) atoms. The van der Waals surface area contributed by atoms with E-state index in [1.54, 1.807) is 11.8 Å². The van der Waals surface area contributed by atoms with Gasteiger partial charge < -0.3 is 10.1 Å². The zero-order valence-corrected chi connectivity index (χ0v) is 12.1. The number of hydrogen-bond donors (Lipinski definition) is 1. The summed E-state index contributed by atoms with van der Waals surface area (Å²) in [4.78, 5) is 1.25. The lowest BCUT2D eigenvalue weighted by molar-refractivity contribution is 0.368. The molecule has 102 valence electrons. The fourth-order valence-corrected chi connectivity index (χ4v) is 2.22. The zero-order valence-electron chi connectivity index (χ0n) is 11.3. The van der Waals surface area contributed by atoms with Crippen molar-refractivity contribution in [3.05, 3.63) is 54.1 Å². The molecule has 0 radical (unpaired) electrons. The summed E-state index contributed by atoms with van der Waals surface area (Å²) in [6, 6.07) is 18.0. The lowest BCUT2D eigenvalue weighted by atomic mass is 10.2. The van der Waals surface area contributed by atoms with E-state index in [2.05, 4.69) is 29.8 Å². The normalized spacial score (nSPS) is 9.80. The Bertz CT molecular complexity index is 590. The number of nitrogens with one attached hydrogen (secondary N) is 1. The molecule has 0 fully saturated rings. The monoisotopic (exact) mass is 284 g/mol. The van der Waals surface area contributed by atoms with Gasteiger partial charge in [-0.15, -0.1) is 11.8 Å². The lowest BCUT2D eigenvalue weighted by Crippen LogP contribution is -1.99. The van der Waals surface area contributed by atoms with Gasteiger partial charge in [0.2, 0.25) is 0 Å². The van der Waals surface area contributed by atoms with Crippen LogP contribution in [0.5, 0.6) is 5.75 Å². The number of rotatable bonds is 6. The average molecular weight is 284 g/mol. The molecule has 0 unspecified atom stereocenters. The summed E-state index contributed by atoms with van der Waals surface area (Å²) < 4.78 is 5.22. The Balaban J connectivity index is 1.91. The van der Waals surface area contributed by atoms with Crippen molar-refractivity contribution in [1.29, 1.82) is 5.26 Å². The molecule has 0 amide bonds. The Morgan fingerprint density at radius 3 is 2.70 bits per heavy atom. The first-order valence-electron chi connectivity index (χ1n) is 6.28. The minimum Gasteiger partial charge on any atom is -0.479 e. The first-order valence-corrected chi connectivity index (χ1v) is 7.51. The molecule has 0 heterocycles. The summed E-state index contributed by atoms with van der Waals surface area (Å²) in [6.45, 7) is 0.843. The van der Waals surface area contributed by atoms with Gasteiger partial charge in [-0.1, -0.05) is 18.2 Å². The number of ether oxygens (including phenoxy) is 1. The molecule has 0 saturated carbocycles. The Hall–Kier alpha value is -2.12. The third-order valence-corrected chi connectivity index (χ3v) is 3.52. The van der Waals surface area contributed by atoms with Crippen molar-refractivity contribution in [2.24, 2.45) is 0 Å². The van der Waals surface area contributed by atoms with Gasteiger partial charge in [0, 0.05) is 17.1 Å². The first kappa shape index (κ1) is 14.3. The molecule has 1 N–H and O–H groups in total. The molecule has 0 aliphatic carbocycles. The van der Waals surface area contributed by atoms with Gasteiger partial charge in [-0.3, -0.25) is 0 Å². The Kier molecular flexibility index (Phi) is 5.33. The molecule has 0 aliphatic rings. The Labute approximate surface area is 123 Å². The highest BCUT2D eigenvalue weighted by molar-refractivity contribution is 7.98. The summed E-state index contributed by atoms with van der Waals surface area (Å²) in [5.74, 6) is 0.722. The second-order valence-electron chi connectivity index (χ2n) is 4.18. The van der Waals surface area contributed by atoms with Crippen molar-refractivity contribution in [1.82, 2.24) is 0 Å². The number of thioether (sulfide) groups is 1. The van der Waals surface area contributed by atoms with Gasteiger partial charge in [0.05, 0.1) is 0 Å². The summed E-state index contributed by atoms with van der Waals surface area (Å²) >= 11 is 1.73. The third-order valence-electron chi connectivity index (χ3n) is 2.79. The minimum absolute atomic E-state index is 0.0824. The van der Waals surface area contributed by atoms with Crippen molar-refractivity contribution in [2.45, 2.75) is 11.4 Å². The molecule has 0 atom stereocenters. The van der Waals surface area contributed by atoms with Crippen molar-refractivity contribution in [2.75, 3.05) is 18.2 Å². The molecule has 0 spiro atoms. The maximum atomic E-state index is 8.45. The van der Waals surface area contributed by atoms with Crippen LogP contribution in [-0.2, 0) is 6.54 Å². The van der Waals surface area contributed by atoms with E-state index in [9.17, 15) is 0 Å². The molecule has 0 saturated heterocycles. The van der Waals surface area contributed by atoms with Crippen LogP contribution in [0.25, 0.3) is 0 Å². The predicted molar refractivity (Wildman–Crippen MR) is 83.1 cm³/mol. The van der Waals surface area contributed by atoms with Crippen LogP contribution in [0.3, 0.4) is 0 Å². The van der Waals surface area contributed by atoms with Crippen LogP contribution in [-0.4, -0.2) is 12.9 Å². The summed E-state index contributed by atoms with van der Waals surface area (Å²) in [6.07, 6.45) is 2.07. The number of benzene rings is 2. The van der Waals surface area contributed by atoms with Crippen molar-refractivity contribution in [3.63, 3.8) is 0 Å². The molecule has 2 aromatic rings. The fraction of sp³-hybridized carbons (Fsp3) is 0.188. The van der Waals surface area contributed by atoms with Gasteiger partial charge in [0.1, 0.15) is 11.8 Å². The van der Waals surface area contributed by atoms with Gasteiger partial charge >= 0.3 is 0 Å². The number of hydrogen-bond acceptors (Lipinski definition) is 4. The highest BCUT2D eigenvalue weighted by atomic mass is 32.2. The maximum absolute atomic E-state index is 8.45. The van der Waals surface area contributed by atoms with Crippen LogP contribution >= 0.6 is 11.8 Å². The topological polar surface area (TPSA) is 45.0 Å². The zero-order chi connectivity index (χ0) is 14.2. The predicted octanol–water partition coefficient (Wildman–Crippen LogP) is 3.92. The van der Waals surface area contributed by atoms with Gasteiger partial charge in [-0.2, -0.15) is 5.26 Å². The Morgan fingerprint density at radius 1 is 1.20 bits per heavy atom. The number of anilines is 1. The van der Waals surface area contributed by atoms with Crippen LogP contribution < -0.4 is 10.1 Å². The van der Waals surface area contributed by atoms with E-state index in [1.165, 1.54) is 10.5 Å². The van der Waals surface area contributed by atoms with Gasteiger partial charge in [0.15, 0.2) is 6.61 Å². The maximum Gasteiger partial charge on any atom is 0.174 e. The number of nitrogens with zero attached hydrogens (tertiary/aromatic N) is 1. The minimum atomic E-state index is 0.0824. The quantitative estimate of drug-likeness (QED) is 0.817. The molecule has 0 bridgehead atoms. The second-order valence-corrected chi connectivity index (χ2v) is 5.06. The fourth-order valence-electron chi connectivity index (χ4n) is 1.76. The molecular weight excluding hydrogens is 268 g/mol. The lowest BCUT2D eigenvalue weighted by Gasteiger charge is -2.08. The van der Waals surface area contributed by atoms with E-state index >= 15 is 0 Å². The highest BCUT2D eigenvalue weighted by Crippen LogP contribution is 2.20. The van der Waals surface area contributed by atoms with E-state index in [-0.39, 0.29) is 6.61 Å². The van der Waals surface area contributed by atoms with E-state index in [0.29, 0.717) is 0 Å². The smallest absolute Gasteiger partial charge is 0.174 e. The summed E-state index contributed by atoms with van der Waals surface area (Å²) in [5.41, 5.74) is 2.28. The van der Waals surface area contributed by atoms with Gasteiger partial charge in [-0.05, 0) is 42.2 Å². The Morgan fingerprint density at radius 2 is 2.00 bits per heavy atom. The van der Waals surface area contributed by atoms with Crippen LogP contribution in [0.4, 0.5) is 5.69 Å². The van der Waals surface area contributed by atoms with Crippen molar-refractivity contribution >= 4 is 17.4 Å². The van der Waals surface area contributed by atoms with E-state index < -0.39 is 0 Å². The van der Waals surface area contributed by atoms with E-state index in [1.807, 2.05) is 36.4 Å². The molecule has 2 rings (SSSR count). The summed E-state index contributed by atoms with van der Waals surface area (Å²) in [5, 5.41) is 11.8. The number of nitriles is 1. The van der Waals surface area contributed by atoms with Gasteiger partial charge in [0.25, 0.3) is 0 Å². The van der Waals surface area contributed by atoms with Crippen LogP contribution in [0.1, 0.15) is 5.56 Å². The van der Waals surface area contributed by atoms with Crippen LogP contribution in [0.15, 0.2) is 53.4 Å². The van der Waals surface area contributed by atoms with E-state index in [4.69, 9.17) is 10.00 Å². The second kappa shape index (κ2) is 7.46. The molecule has 0 aliphatic heterocycles. The molecule has 3 nitrogen and oxygen atoms in total.